The molecule has 2 N–H and O–H groups in total. The second-order valence-corrected chi connectivity index (χ2v) is 12.2. The molecule has 3 heterocycles. The van der Waals surface area contributed by atoms with Crippen LogP contribution in [0.5, 0.6) is 0 Å². The molecule has 4 aliphatic rings. The molecular weight excluding hydrogens is 536 g/mol. The molecule has 0 radical (unpaired) electrons. The lowest BCUT2D eigenvalue weighted by Crippen LogP contribution is -2.63. The van der Waals surface area contributed by atoms with Crippen molar-refractivity contribution in [1.82, 2.24) is 15.3 Å². The Morgan fingerprint density at radius 3 is 2.26 bits per heavy atom. The Bertz CT molecular complexity index is 1250. The standard InChI is InChI=1S/C32H40N4O6/c37-29(33-42-21-23-7-3-1-4-8-23)26-19-32(20-27(32)24-11-17-41-18-12-24)22-36(31(39)40)28(26)30(38)35-15-13-34(14-16-35)25-9-5-2-6-10-25/h1-10,24,26-28H,11-22H2,(H,33,37)(H,39,40)/t26-,27?,28-,32?/m0/s1. The maximum Gasteiger partial charge on any atom is 0.408 e. The van der Waals surface area contributed by atoms with E-state index in [1.165, 1.54) is 4.90 Å². The fraction of sp³-hybridized carbons (Fsp3) is 0.531. The van der Waals surface area contributed by atoms with Crippen LogP contribution in [0.3, 0.4) is 0 Å². The van der Waals surface area contributed by atoms with Crippen LogP contribution in [0, 0.1) is 23.2 Å². The number of ether oxygens (including phenoxy) is 1. The molecule has 224 valence electrons. The second-order valence-electron chi connectivity index (χ2n) is 12.2. The van der Waals surface area contributed by atoms with Gasteiger partial charge in [-0.15, -0.1) is 0 Å². The Labute approximate surface area is 246 Å². The number of hydrogen-bond donors (Lipinski definition) is 2. The number of hydrogen-bond acceptors (Lipinski definition) is 6. The molecule has 4 atom stereocenters. The first-order chi connectivity index (χ1) is 20.4. The Morgan fingerprint density at radius 2 is 1.60 bits per heavy atom. The number of piperazine rings is 1. The van der Waals surface area contributed by atoms with Gasteiger partial charge in [0.15, 0.2) is 0 Å². The molecule has 1 aliphatic carbocycles. The molecule has 2 aromatic carbocycles. The summed E-state index contributed by atoms with van der Waals surface area (Å²) >= 11 is 0. The van der Waals surface area contributed by atoms with Crippen molar-refractivity contribution in [2.45, 2.75) is 38.3 Å². The highest BCUT2D eigenvalue weighted by Gasteiger charge is 2.64. The van der Waals surface area contributed by atoms with Crippen molar-refractivity contribution in [2.24, 2.45) is 23.2 Å². The zero-order chi connectivity index (χ0) is 29.1. The number of para-hydroxylation sites is 1. The zero-order valence-electron chi connectivity index (χ0n) is 23.9. The summed E-state index contributed by atoms with van der Waals surface area (Å²) in [6.45, 7) is 4.10. The molecule has 3 amide bonds. The molecule has 2 aromatic rings. The maximum absolute atomic E-state index is 14.1. The summed E-state index contributed by atoms with van der Waals surface area (Å²) in [5.74, 6) is -0.795. The predicted molar refractivity (Wildman–Crippen MR) is 155 cm³/mol. The van der Waals surface area contributed by atoms with E-state index in [-0.39, 0.29) is 24.5 Å². The number of piperidine rings is 1. The van der Waals surface area contributed by atoms with Crippen molar-refractivity contribution in [3.05, 3.63) is 66.2 Å². The van der Waals surface area contributed by atoms with Crippen LogP contribution in [0.4, 0.5) is 10.5 Å². The van der Waals surface area contributed by atoms with Crippen LogP contribution in [0.1, 0.15) is 31.2 Å². The number of hydroxylamine groups is 1. The minimum absolute atomic E-state index is 0.178. The molecule has 6 rings (SSSR count). The number of likely N-dealkylation sites (tertiary alicyclic amines) is 1. The molecule has 42 heavy (non-hydrogen) atoms. The van der Waals surface area contributed by atoms with E-state index in [2.05, 4.69) is 10.4 Å². The van der Waals surface area contributed by atoms with Crippen molar-refractivity contribution >= 4 is 23.6 Å². The van der Waals surface area contributed by atoms with E-state index in [4.69, 9.17) is 9.57 Å². The van der Waals surface area contributed by atoms with Crippen LogP contribution < -0.4 is 10.4 Å². The van der Waals surface area contributed by atoms with Gasteiger partial charge in [0.25, 0.3) is 0 Å². The van der Waals surface area contributed by atoms with Gasteiger partial charge in [-0.25, -0.2) is 10.3 Å². The molecule has 1 saturated carbocycles. The number of benzene rings is 2. The van der Waals surface area contributed by atoms with Crippen molar-refractivity contribution in [3.63, 3.8) is 0 Å². The van der Waals surface area contributed by atoms with E-state index >= 15 is 0 Å². The summed E-state index contributed by atoms with van der Waals surface area (Å²) in [7, 11) is 0. The molecular formula is C32H40N4O6. The highest BCUT2D eigenvalue weighted by molar-refractivity contribution is 5.92. The number of carbonyl (C=O) groups excluding carboxylic acids is 2. The first kappa shape index (κ1) is 28.5. The molecule has 2 unspecified atom stereocenters. The average molecular weight is 577 g/mol. The molecule has 3 saturated heterocycles. The lowest BCUT2D eigenvalue weighted by atomic mass is 9.76. The Balaban J connectivity index is 1.20. The fourth-order valence-corrected chi connectivity index (χ4v) is 7.43. The predicted octanol–water partition coefficient (Wildman–Crippen LogP) is 3.38. The summed E-state index contributed by atoms with van der Waals surface area (Å²) in [4.78, 5) is 51.3. The molecule has 0 bridgehead atoms. The molecule has 0 aromatic heterocycles. The smallest absolute Gasteiger partial charge is 0.408 e. The normalized spacial score (nSPS) is 28.0. The van der Waals surface area contributed by atoms with Gasteiger partial charge in [-0.05, 0) is 60.6 Å². The van der Waals surface area contributed by atoms with E-state index in [1.807, 2.05) is 60.7 Å². The molecule has 4 fully saturated rings. The number of carboxylic acid groups (broad SMARTS) is 1. The minimum atomic E-state index is -1.16. The molecule has 1 spiro atoms. The monoisotopic (exact) mass is 576 g/mol. The molecule has 10 heteroatoms. The number of nitrogens with one attached hydrogen (secondary N) is 1. The summed E-state index contributed by atoms with van der Waals surface area (Å²) in [5, 5.41) is 10.4. The second kappa shape index (κ2) is 12.3. The maximum atomic E-state index is 14.1. The zero-order valence-corrected chi connectivity index (χ0v) is 23.9. The highest BCUT2D eigenvalue weighted by atomic mass is 16.6. The van der Waals surface area contributed by atoms with Crippen LogP contribution in [0.2, 0.25) is 0 Å². The Morgan fingerprint density at radius 1 is 0.929 bits per heavy atom. The largest absolute Gasteiger partial charge is 0.465 e. The summed E-state index contributed by atoms with van der Waals surface area (Å²) in [6.07, 6.45) is 2.08. The molecule has 3 aliphatic heterocycles. The number of nitrogens with zero attached hydrogens (tertiary/aromatic N) is 3. The number of carbonyl (C=O) groups is 3. The van der Waals surface area contributed by atoms with Gasteiger partial charge in [0.1, 0.15) is 6.04 Å². The number of anilines is 1. The highest BCUT2D eigenvalue weighted by Crippen LogP contribution is 2.64. The van der Waals surface area contributed by atoms with Gasteiger partial charge < -0.3 is 19.6 Å². The Hall–Kier alpha value is -3.63. The average Bonchev–Trinajstić information content (AvgIpc) is 3.74. The quantitative estimate of drug-likeness (QED) is 0.486. The SMILES string of the molecule is O=C(NOCc1ccccc1)[C@H]1CC2(CC2C2CCOCC2)CN(C(=O)O)[C@@H]1C(=O)N1CCN(c2ccccc2)CC1. The number of amides is 3. The van der Waals surface area contributed by atoms with Crippen molar-refractivity contribution in [3.8, 4) is 0 Å². The van der Waals surface area contributed by atoms with Gasteiger partial charge >= 0.3 is 6.09 Å². The van der Waals surface area contributed by atoms with Crippen LogP contribution in [-0.4, -0.2) is 84.8 Å². The van der Waals surface area contributed by atoms with Crippen LogP contribution in [0.25, 0.3) is 0 Å². The van der Waals surface area contributed by atoms with Crippen LogP contribution in [-0.2, 0) is 25.8 Å². The third-order valence-corrected chi connectivity index (χ3v) is 9.72. The van der Waals surface area contributed by atoms with Gasteiger partial charge in [-0.2, -0.15) is 0 Å². The summed E-state index contributed by atoms with van der Waals surface area (Å²) in [5.41, 5.74) is 4.27. The van der Waals surface area contributed by atoms with Gasteiger partial charge in [-0.3, -0.25) is 19.3 Å². The van der Waals surface area contributed by atoms with E-state index in [9.17, 15) is 19.5 Å². The minimum Gasteiger partial charge on any atom is -0.465 e. The van der Waals surface area contributed by atoms with E-state index in [1.54, 1.807) is 4.90 Å². The van der Waals surface area contributed by atoms with Gasteiger partial charge in [-0.1, -0.05) is 48.5 Å². The first-order valence-electron chi connectivity index (χ1n) is 15.1. The third kappa shape index (κ3) is 5.96. The fourth-order valence-electron chi connectivity index (χ4n) is 7.43. The summed E-state index contributed by atoms with van der Waals surface area (Å²) < 4.78 is 5.57. The lowest BCUT2D eigenvalue weighted by molar-refractivity contribution is -0.153. The van der Waals surface area contributed by atoms with Crippen molar-refractivity contribution in [2.75, 3.05) is 50.8 Å². The van der Waals surface area contributed by atoms with Gasteiger partial charge in [0.05, 0.1) is 12.5 Å². The van der Waals surface area contributed by atoms with E-state index < -0.39 is 24.0 Å². The van der Waals surface area contributed by atoms with Gasteiger partial charge in [0, 0.05) is 51.6 Å². The lowest BCUT2D eigenvalue weighted by Gasteiger charge is -2.46. The number of rotatable bonds is 7. The van der Waals surface area contributed by atoms with Crippen molar-refractivity contribution < 1.29 is 29.1 Å². The third-order valence-electron chi connectivity index (χ3n) is 9.72. The van der Waals surface area contributed by atoms with Crippen molar-refractivity contribution in [1.29, 1.82) is 0 Å². The van der Waals surface area contributed by atoms with Crippen LogP contribution in [0.15, 0.2) is 60.7 Å². The Kier molecular flexibility index (Phi) is 8.35. The first-order valence-corrected chi connectivity index (χ1v) is 15.1. The topological polar surface area (TPSA) is 112 Å². The van der Waals surface area contributed by atoms with Crippen LogP contribution >= 0.6 is 0 Å². The molecule has 10 nitrogen and oxygen atoms in total. The summed E-state index contributed by atoms with van der Waals surface area (Å²) in [6, 6.07) is 18.5. The van der Waals surface area contributed by atoms with Gasteiger partial charge in [0.2, 0.25) is 11.8 Å². The van der Waals surface area contributed by atoms with E-state index in [0.717, 1.165) is 30.5 Å². The van der Waals surface area contributed by atoms with E-state index in [0.29, 0.717) is 57.6 Å².